The normalized spacial score (nSPS) is 8.94. The van der Waals surface area contributed by atoms with Gasteiger partial charge in [0.25, 0.3) is 5.91 Å². The predicted octanol–water partition coefficient (Wildman–Crippen LogP) is 0.365. The fourth-order valence-corrected chi connectivity index (χ4v) is 1.24. The second-order valence-corrected chi connectivity index (χ2v) is 3.00. The van der Waals surface area contributed by atoms with Gasteiger partial charge in [-0.25, -0.2) is 0 Å². The van der Waals surface area contributed by atoms with Gasteiger partial charge >= 0.3 is 0 Å². The van der Waals surface area contributed by atoms with Gasteiger partial charge in [0, 0.05) is 12.6 Å². The summed E-state index contributed by atoms with van der Waals surface area (Å²) < 4.78 is 5.14. The van der Waals surface area contributed by atoms with E-state index in [1.807, 2.05) is 0 Å². The Morgan fingerprint density at radius 2 is 2.31 bits per heavy atom. The third-order valence-electron chi connectivity index (χ3n) is 2.01. The molecule has 16 heavy (non-hydrogen) atoms. The second-order valence-electron chi connectivity index (χ2n) is 3.00. The lowest BCUT2D eigenvalue weighted by Crippen LogP contribution is -2.17. The van der Waals surface area contributed by atoms with Gasteiger partial charge in [-0.05, 0) is 18.2 Å². The molecule has 4 nitrogen and oxygen atoms in total. The zero-order chi connectivity index (χ0) is 12.0. The van der Waals surface area contributed by atoms with Crippen molar-refractivity contribution in [2.75, 3.05) is 20.7 Å². The average molecular weight is 218 g/mol. The predicted molar refractivity (Wildman–Crippen MR) is 62.3 cm³/mol. The summed E-state index contributed by atoms with van der Waals surface area (Å²) in [6, 6.07) is 5.08. The van der Waals surface area contributed by atoms with Gasteiger partial charge in [0.1, 0.15) is 5.75 Å². The molecule has 0 fully saturated rings. The molecule has 0 heterocycles. The minimum absolute atomic E-state index is 0.154. The molecular weight excluding hydrogens is 204 g/mol. The zero-order valence-corrected chi connectivity index (χ0v) is 9.33. The summed E-state index contributed by atoms with van der Waals surface area (Å²) >= 11 is 0. The fourth-order valence-electron chi connectivity index (χ4n) is 1.24. The first-order valence-corrected chi connectivity index (χ1v) is 4.82. The van der Waals surface area contributed by atoms with Crippen molar-refractivity contribution in [2.45, 2.75) is 0 Å². The van der Waals surface area contributed by atoms with E-state index in [1.54, 1.807) is 32.4 Å². The van der Waals surface area contributed by atoms with Crippen molar-refractivity contribution in [3.63, 3.8) is 0 Å². The minimum Gasteiger partial charge on any atom is -0.495 e. The molecule has 0 aliphatic carbocycles. The van der Waals surface area contributed by atoms with Crippen LogP contribution in [0.5, 0.6) is 5.75 Å². The number of hydrogen-bond donors (Lipinski definition) is 2. The molecule has 1 amide bonds. The van der Waals surface area contributed by atoms with Crippen LogP contribution in [-0.4, -0.2) is 26.6 Å². The molecule has 0 saturated carbocycles. The molecule has 0 atom stereocenters. The van der Waals surface area contributed by atoms with Gasteiger partial charge in [-0.1, -0.05) is 11.8 Å². The maximum atomic E-state index is 11.4. The Kier molecular flexibility index (Phi) is 4.37. The van der Waals surface area contributed by atoms with Gasteiger partial charge in [0.2, 0.25) is 0 Å². The van der Waals surface area contributed by atoms with E-state index < -0.39 is 0 Å². The Bertz CT molecular complexity index is 444. The molecule has 84 valence electrons. The number of methoxy groups -OCH3 is 1. The quantitative estimate of drug-likeness (QED) is 0.705. The number of rotatable bonds is 2. The number of nitrogens with one attached hydrogen (secondary N) is 1. The van der Waals surface area contributed by atoms with Gasteiger partial charge in [0.05, 0.1) is 19.2 Å². The molecule has 0 spiro atoms. The second kappa shape index (κ2) is 5.79. The largest absolute Gasteiger partial charge is 0.495 e. The molecule has 0 unspecified atom stereocenters. The highest BCUT2D eigenvalue weighted by Gasteiger charge is 2.07. The van der Waals surface area contributed by atoms with Gasteiger partial charge < -0.3 is 15.8 Å². The maximum absolute atomic E-state index is 11.4. The van der Waals surface area contributed by atoms with Gasteiger partial charge in [-0.3, -0.25) is 4.79 Å². The molecule has 1 aromatic rings. The van der Waals surface area contributed by atoms with Crippen LogP contribution in [0.3, 0.4) is 0 Å². The van der Waals surface area contributed by atoms with E-state index in [9.17, 15) is 4.79 Å². The summed E-state index contributed by atoms with van der Waals surface area (Å²) in [7, 11) is 3.14. The summed E-state index contributed by atoms with van der Waals surface area (Å²) in [5.41, 5.74) is 6.51. The molecule has 1 rings (SSSR count). The van der Waals surface area contributed by atoms with E-state index in [4.69, 9.17) is 10.5 Å². The number of hydrogen-bond acceptors (Lipinski definition) is 3. The molecule has 0 saturated heterocycles. The summed E-state index contributed by atoms with van der Waals surface area (Å²) in [6.07, 6.45) is 0. The highest BCUT2D eigenvalue weighted by atomic mass is 16.5. The number of benzene rings is 1. The molecule has 1 aromatic carbocycles. The molecule has 0 aliphatic rings. The van der Waals surface area contributed by atoms with Crippen LogP contribution in [0.4, 0.5) is 0 Å². The van der Waals surface area contributed by atoms with Crippen molar-refractivity contribution in [1.29, 1.82) is 0 Å². The van der Waals surface area contributed by atoms with Crippen molar-refractivity contribution in [3.8, 4) is 17.6 Å². The summed E-state index contributed by atoms with van der Waals surface area (Å²) in [5.74, 6) is 6.07. The van der Waals surface area contributed by atoms with E-state index in [2.05, 4.69) is 17.2 Å². The molecule has 0 aliphatic heterocycles. The molecule has 0 radical (unpaired) electrons. The fraction of sp³-hybridized carbons (Fsp3) is 0.250. The van der Waals surface area contributed by atoms with Crippen LogP contribution in [-0.2, 0) is 0 Å². The summed E-state index contributed by atoms with van der Waals surface area (Å²) in [6.45, 7) is 0.271. The minimum atomic E-state index is -0.154. The van der Waals surface area contributed by atoms with Gasteiger partial charge in [-0.15, -0.1) is 0 Å². The smallest absolute Gasteiger partial charge is 0.251 e. The van der Waals surface area contributed by atoms with Gasteiger partial charge in [0.15, 0.2) is 0 Å². The van der Waals surface area contributed by atoms with Crippen molar-refractivity contribution < 1.29 is 9.53 Å². The highest BCUT2D eigenvalue weighted by Crippen LogP contribution is 2.18. The van der Waals surface area contributed by atoms with Crippen molar-refractivity contribution in [1.82, 2.24) is 5.32 Å². The number of ether oxygens (including phenoxy) is 1. The maximum Gasteiger partial charge on any atom is 0.251 e. The summed E-state index contributed by atoms with van der Waals surface area (Å²) in [5, 5.41) is 2.55. The van der Waals surface area contributed by atoms with Crippen LogP contribution in [0.2, 0.25) is 0 Å². The van der Waals surface area contributed by atoms with Crippen molar-refractivity contribution in [2.24, 2.45) is 5.73 Å². The van der Waals surface area contributed by atoms with Crippen LogP contribution in [0.25, 0.3) is 0 Å². The van der Waals surface area contributed by atoms with Crippen LogP contribution < -0.4 is 15.8 Å². The first kappa shape index (κ1) is 12.1. The Balaban J connectivity index is 3.15. The van der Waals surface area contributed by atoms with Crippen LogP contribution >= 0.6 is 0 Å². The lowest BCUT2D eigenvalue weighted by Gasteiger charge is -2.05. The number of carbonyl (C=O) groups is 1. The van der Waals surface area contributed by atoms with E-state index in [1.165, 1.54) is 0 Å². The molecular formula is C12H14N2O2. The van der Waals surface area contributed by atoms with E-state index in [-0.39, 0.29) is 12.5 Å². The topological polar surface area (TPSA) is 64.3 Å². The van der Waals surface area contributed by atoms with Gasteiger partial charge in [-0.2, -0.15) is 0 Å². The van der Waals surface area contributed by atoms with Crippen LogP contribution in [0.1, 0.15) is 15.9 Å². The van der Waals surface area contributed by atoms with E-state index in [0.717, 1.165) is 0 Å². The lowest BCUT2D eigenvalue weighted by molar-refractivity contribution is 0.0963. The first-order chi connectivity index (χ1) is 7.72. The number of nitrogens with two attached hydrogens (primary N) is 1. The van der Waals surface area contributed by atoms with Crippen LogP contribution in [0.15, 0.2) is 18.2 Å². The zero-order valence-electron chi connectivity index (χ0n) is 9.33. The van der Waals surface area contributed by atoms with E-state index >= 15 is 0 Å². The van der Waals surface area contributed by atoms with Crippen molar-refractivity contribution in [3.05, 3.63) is 29.3 Å². The standard InChI is InChI=1S/C12H14N2O2/c1-14-12(15)10-5-6-11(16-2)9(8-10)4-3-7-13/h5-6,8H,7,13H2,1-2H3,(H,14,15). The number of carbonyl (C=O) groups excluding carboxylic acids is 1. The lowest BCUT2D eigenvalue weighted by atomic mass is 10.1. The average Bonchev–Trinajstić information content (AvgIpc) is 2.34. The third kappa shape index (κ3) is 2.75. The van der Waals surface area contributed by atoms with E-state index in [0.29, 0.717) is 16.9 Å². The Morgan fingerprint density at radius 1 is 1.56 bits per heavy atom. The molecule has 4 heteroatoms. The van der Waals surface area contributed by atoms with Crippen molar-refractivity contribution >= 4 is 5.91 Å². The summed E-state index contributed by atoms with van der Waals surface area (Å²) in [4.78, 5) is 11.4. The molecule has 0 aromatic heterocycles. The number of amides is 1. The molecule has 0 bridgehead atoms. The third-order valence-corrected chi connectivity index (χ3v) is 2.01. The molecule has 3 N–H and O–H groups in total. The SMILES string of the molecule is CNC(=O)c1ccc(OC)c(C#CCN)c1. The monoisotopic (exact) mass is 218 g/mol. The first-order valence-electron chi connectivity index (χ1n) is 4.82. The van der Waals surface area contributed by atoms with Crippen LogP contribution in [0, 0.1) is 11.8 Å². The Labute approximate surface area is 94.8 Å². The Morgan fingerprint density at radius 3 is 2.88 bits per heavy atom. The Hall–Kier alpha value is -1.99. The highest BCUT2D eigenvalue weighted by molar-refractivity contribution is 5.94.